The van der Waals surface area contributed by atoms with E-state index in [-0.39, 0.29) is 22.3 Å². The number of oxazole rings is 1. The van der Waals surface area contributed by atoms with Crippen LogP contribution >= 0.6 is 0 Å². The second kappa shape index (κ2) is 11.4. The van der Waals surface area contributed by atoms with Gasteiger partial charge in [-0.05, 0) is 74.3 Å². The molecule has 0 spiro atoms. The van der Waals surface area contributed by atoms with Crippen LogP contribution in [0.3, 0.4) is 0 Å². The highest BCUT2D eigenvalue weighted by Gasteiger charge is 2.30. The molecule has 1 aliphatic heterocycles. The molecule has 38 heavy (non-hydrogen) atoms. The van der Waals surface area contributed by atoms with E-state index in [1.807, 2.05) is 0 Å². The predicted octanol–water partition coefficient (Wildman–Crippen LogP) is 4.33. The van der Waals surface area contributed by atoms with Gasteiger partial charge in [0.25, 0.3) is 0 Å². The first-order valence-corrected chi connectivity index (χ1v) is 13.4. The molecule has 3 N–H and O–H groups in total. The molecular weight excluding hydrogens is 530 g/mol. The van der Waals surface area contributed by atoms with Crippen LogP contribution in [0.1, 0.15) is 35.9 Å². The quantitative estimate of drug-likeness (QED) is 0.376. The molecule has 2 heterocycles. The number of sulfonamides is 1. The van der Waals surface area contributed by atoms with Gasteiger partial charge < -0.3 is 19.2 Å². The molecule has 3 aromatic rings. The van der Waals surface area contributed by atoms with Crippen molar-refractivity contribution in [3.63, 3.8) is 0 Å². The Hall–Kier alpha value is -3.00. The number of hydrogen-bond acceptors (Lipinski definition) is 7. The summed E-state index contributed by atoms with van der Waals surface area (Å²) in [7, 11) is -4.04. The molecule has 1 saturated heterocycles. The average molecular weight is 558 g/mol. The minimum Gasteiger partial charge on any atom is -0.507 e. The highest BCUT2D eigenvalue weighted by molar-refractivity contribution is 7.89. The van der Waals surface area contributed by atoms with E-state index in [1.54, 1.807) is 6.07 Å². The molecule has 0 radical (unpaired) electrons. The number of ether oxygens (including phenoxy) is 1. The zero-order chi connectivity index (χ0) is 27.5. The second-order valence-corrected chi connectivity index (χ2v) is 10.7. The zero-order valence-corrected chi connectivity index (χ0v) is 21.1. The van der Waals surface area contributed by atoms with Crippen molar-refractivity contribution < 1.29 is 40.2 Å². The topological polar surface area (TPSA) is 119 Å². The predicted molar refractivity (Wildman–Crippen MR) is 129 cm³/mol. The van der Waals surface area contributed by atoms with E-state index in [2.05, 4.69) is 9.88 Å². The van der Waals surface area contributed by atoms with Crippen molar-refractivity contribution >= 4 is 10.0 Å². The van der Waals surface area contributed by atoms with Gasteiger partial charge in [0.1, 0.15) is 28.8 Å². The van der Waals surface area contributed by atoms with E-state index in [1.165, 1.54) is 36.4 Å². The van der Waals surface area contributed by atoms with Crippen LogP contribution in [0.5, 0.6) is 5.75 Å². The molecule has 0 saturated carbocycles. The van der Waals surface area contributed by atoms with Crippen molar-refractivity contribution in [1.29, 1.82) is 0 Å². The SMILES string of the molecule is NS(=O)(=O)c1cc(CCN2CCC(c3nc(COCC(F)(F)F)c(-c4ccc(F)cc4)o3)CC2)ccc1O. The van der Waals surface area contributed by atoms with Crippen LogP contribution < -0.4 is 5.14 Å². The number of alkyl halides is 3. The number of halogens is 4. The third-order valence-corrected chi connectivity index (χ3v) is 7.25. The van der Waals surface area contributed by atoms with Crippen LogP contribution in [0.4, 0.5) is 17.6 Å². The van der Waals surface area contributed by atoms with Gasteiger partial charge in [0.2, 0.25) is 10.0 Å². The fraction of sp³-hybridized carbons (Fsp3) is 0.400. The number of nitrogens with two attached hydrogens (primary N) is 1. The fourth-order valence-corrected chi connectivity index (χ4v) is 5.04. The summed E-state index contributed by atoms with van der Waals surface area (Å²) in [5.41, 5.74) is 1.42. The van der Waals surface area contributed by atoms with Crippen LogP contribution in [0, 0.1) is 5.82 Å². The van der Waals surface area contributed by atoms with E-state index in [9.17, 15) is 31.1 Å². The number of likely N-dealkylation sites (tertiary alicyclic amines) is 1. The zero-order valence-electron chi connectivity index (χ0n) is 20.2. The highest BCUT2D eigenvalue weighted by Crippen LogP contribution is 2.34. The van der Waals surface area contributed by atoms with Gasteiger partial charge in [-0.2, -0.15) is 13.2 Å². The second-order valence-electron chi connectivity index (χ2n) is 9.16. The molecule has 1 aromatic heterocycles. The first kappa shape index (κ1) is 28.0. The lowest BCUT2D eigenvalue weighted by Crippen LogP contribution is -2.34. The number of hydrogen-bond donors (Lipinski definition) is 2. The largest absolute Gasteiger partial charge is 0.507 e. The lowest BCUT2D eigenvalue weighted by atomic mass is 9.96. The van der Waals surface area contributed by atoms with Crippen LogP contribution in [-0.2, 0) is 27.8 Å². The summed E-state index contributed by atoms with van der Waals surface area (Å²) >= 11 is 0. The molecule has 2 aromatic carbocycles. The maximum absolute atomic E-state index is 13.4. The van der Waals surface area contributed by atoms with Crippen molar-refractivity contribution in [3.05, 3.63) is 65.4 Å². The van der Waals surface area contributed by atoms with Gasteiger partial charge in [0.15, 0.2) is 11.7 Å². The van der Waals surface area contributed by atoms with Gasteiger partial charge in [0.05, 0.1) is 6.61 Å². The molecule has 1 fully saturated rings. The summed E-state index contributed by atoms with van der Waals surface area (Å²) in [4.78, 5) is 6.32. The number of aromatic hydroxyl groups is 1. The maximum Gasteiger partial charge on any atom is 0.411 e. The van der Waals surface area contributed by atoms with Gasteiger partial charge in [-0.3, -0.25) is 0 Å². The number of benzene rings is 2. The lowest BCUT2D eigenvalue weighted by Gasteiger charge is -2.30. The molecule has 0 bridgehead atoms. The van der Waals surface area contributed by atoms with Crippen LogP contribution in [-0.4, -0.2) is 55.8 Å². The highest BCUT2D eigenvalue weighted by atomic mass is 32.2. The molecule has 0 aliphatic carbocycles. The molecule has 206 valence electrons. The number of primary sulfonamides is 1. The van der Waals surface area contributed by atoms with Crippen LogP contribution in [0.15, 0.2) is 51.8 Å². The van der Waals surface area contributed by atoms with E-state index in [0.29, 0.717) is 55.9 Å². The molecule has 4 rings (SSSR count). The number of rotatable bonds is 9. The Morgan fingerprint density at radius 3 is 2.45 bits per heavy atom. The first-order valence-electron chi connectivity index (χ1n) is 11.9. The summed E-state index contributed by atoms with van der Waals surface area (Å²) in [6, 6.07) is 9.72. The molecule has 13 heteroatoms. The Kier molecular flexibility index (Phi) is 8.40. The maximum atomic E-state index is 13.4. The monoisotopic (exact) mass is 557 g/mol. The fourth-order valence-electron chi connectivity index (χ4n) is 4.37. The van der Waals surface area contributed by atoms with Crippen molar-refractivity contribution in [2.24, 2.45) is 5.14 Å². The summed E-state index contributed by atoms with van der Waals surface area (Å²) in [5.74, 6) is -0.270. The number of nitrogens with zero attached hydrogens (tertiary/aromatic N) is 2. The summed E-state index contributed by atoms with van der Waals surface area (Å²) in [6.45, 7) is 0.209. The normalized spacial score (nSPS) is 15.7. The van der Waals surface area contributed by atoms with E-state index >= 15 is 0 Å². The Balaban J connectivity index is 1.40. The Morgan fingerprint density at radius 1 is 1.13 bits per heavy atom. The van der Waals surface area contributed by atoms with E-state index < -0.39 is 41.0 Å². The van der Waals surface area contributed by atoms with Gasteiger partial charge >= 0.3 is 6.18 Å². The van der Waals surface area contributed by atoms with Crippen molar-refractivity contribution in [1.82, 2.24) is 9.88 Å². The summed E-state index contributed by atoms with van der Waals surface area (Å²) < 4.78 is 85.1. The molecule has 0 unspecified atom stereocenters. The third-order valence-electron chi connectivity index (χ3n) is 6.31. The van der Waals surface area contributed by atoms with Gasteiger partial charge in [0, 0.05) is 18.0 Å². The molecule has 1 aliphatic rings. The van der Waals surface area contributed by atoms with Crippen LogP contribution in [0.2, 0.25) is 0 Å². The lowest BCUT2D eigenvalue weighted by molar-refractivity contribution is -0.176. The minimum atomic E-state index is -4.48. The van der Waals surface area contributed by atoms with E-state index in [4.69, 9.17) is 14.3 Å². The van der Waals surface area contributed by atoms with Crippen molar-refractivity contribution in [2.45, 2.75) is 42.9 Å². The van der Waals surface area contributed by atoms with Gasteiger partial charge in [-0.15, -0.1) is 0 Å². The van der Waals surface area contributed by atoms with Crippen LogP contribution in [0.25, 0.3) is 11.3 Å². The summed E-state index contributed by atoms with van der Waals surface area (Å²) in [6.07, 6.45) is -2.56. The number of piperidine rings is 1. The smallest absolute Gasteiger partial charge is 0.411 e. The number of phenolic OH excluding ortho intramolecular Hbond substituents is 1. The van der Waals surface area contributed by atoms with Gasteiger partial charge in [-0.1, -0.05) is 6.07 Å². The molecule has 8 nitrogen and oxygen atoms in total. The molecule has 0 amide bonds. The Labute approximate surface area is 217 Å². The average Bonchev–Trinajstić information content (AvgIpc) is 3.27. The minimum absolute atomic E-state index is 0.0653. The standard InChI is InChI=1S/C25H27F4N3O5S/c26-19-4-2-17(3-5-19)23-20(14-36-15-25(27,28)29)31-24(37-23)18-8-11-32(12-9-18)10-7-16-1-6-21(33)22(13-16)38(30,34)35/h1-6,13,18,33H,7-12,14-15H2,(H2,30,34,35). The number of aromatic nitrogens is 1. The Bertz CT molecular complexity index is 1350. The van der Waals surface area contributed by atoms with Crippen molar-refractivity contribution in [3.8, 4) is 17.1 Å². The van der Waals surface area contributed by atoms with Gasteiger partial charge in [-0.25, -0.2) is 22.9 Å². The summed E-state index contributed by atoms with van der Waals surface area (Å²) in [5, 5.41) is 14.9. The molecule has 0 atom stereocenters. The third kappa shape index (κ3) is 7.31. The first-order chi connectivity index (χ1) is 17.9. The Morgan fingerprint density at radius 2 is 1.82 bits per heavy atom. The van der Waals surface area contributed by atoms with Crippen molar-refractivity contribution in [2.75, 3.05) is 26.2 Å². The van der Waals surface area contributed by atoms with E-state index in [0.717, 1.165) is 0 Å². The number of phenols is 1. The molecular formula is C25H27F4N3O5S.